The minimum Gasteiger partial charge on any atom is -0.496 e. The Hall–Kier alpha value is -1.94. The molecular weight excluding hydrogens is 281 g/mol. The molecule has 0 aromatic heterocycles. The predicted molar refractivity (Wildman–Crippen MR) is 77.9 cm³/mol. The summed E-state index contributed by atoms with van der Waals surface area (Å²) in [6.45, 7) is 1.74. The molecule has 2 aromatic rings. The first-order valence-electron chi connectivity index (χ1n) is 6.07. The monoisotopic (exact) mass is 295 g/mol. The van der Waals surface area contributed by atoms with Crippen molar-refractivity contribution in [2.24, 2.45) is 0 Å². The van der Waals surface area contributed by atoms with E-state index in [0.717, 1.165) is 0 Å². The lowest BCUT2D eigenvalue weighted by Gasteiger charge is -2.18. The third-order valence-corrected chi connectivity index (χ3v) is 3.26. The van der Waals surface area contributed by atoms with Crippen molar-refractivity contribution < 1.29 is 13.9 Å². The molecule has 1 unspecified atom stereocenters. The fourth-order valence-electron chi connectivity index (χ4n) is 1.95. The molecule has 0 saturated carbocycles. The Balaban J connectivity index is 2.28. The molecule has 0 bridgehead atoms. The average Bonchev–Trinajstić information content (AvgIpc) is 2.42. The van der Waals surface area contributed by atoms with E-state index in [1.54, 1.807) is 37.3 Å². The third-order valence-electron chi connectivity index (χ3n) is 2.92. The van der Waals surface area contributed by atoms with Crippen LogP contribution < -0.4 is 15.2 Å². The van der Waals surface area contributed by atoms with Crippen molar-refractivity contribution in [2.45, 2.75) is 13.0 Å². The third kappa shape index (κ3) is 2.96. The molecule has 0 radical (unpaired) electrons. The number of ether oxygens (including phenoxy) is 2. The van der Waals surface area contributed by atoms with Crippen LogP contribution in [0.25, 0.3) is 0 Å². The van der Waals surface area contributed by atoms with Gasteiger partial charge in [-0.05, 0) is 31.2 Å². The molecule has 20 heavy (non-hydrogen) atoms. The first kappa shape index (κ1) is 14.5. The number of rotatable bonds is 4. The van der Waals surface area contributed by atoms with Crippen molar-refractivity contribution in [1.29, 1.82) is 0 Å². The van der Waals surface area contributed by atoms with Crippen LogP contribution in [0.5, 0.6) is 11.5 Å². The number of benzene rings is 2. The highest BCUT2D eigenvalue weighted by Crippen LogP contribution is 2.32. The quantitative estimate of drug-likeness (QED) is 0.859. The van der Waals surface area contributed by atoms with Crippen LogP contribution in [0.4, 0.5) is 10.1 Å². The van der Waals surface area contributed by atoms with Crippen LogP contribution in [-0.2, 0) is 0 Å². The van der Waals surface area contributed by atoms with Crippen LogP contribution in [-0.4, -0.2) is 7.11 Å². The fraction of sp³-hybridized carbons (Fsp3) is 0.200. The highest BCUT2D eigenvalue weighted by atomic mass is 35.5. The van der Waals surface area contributed by atoms with E-state index in [9.17, 15) is 4.39 Å². The maximum Gasteiger partial charge on any atom is 0.133 e. The van der Waals surface area contributed by atoms with Gasteiger partial charge in [-0.3, -0.25) is 0 Å². The summed E-state index contributed by atoms with van der Waals surface area (Å²) in [5.41, 5.74) is 6.49. The summed E-state index contributed by atoms with van der Waals surface area (Å²) in [5, 5.41) is 0.452. The van der Waals surface area contributed by atoms with Crippen molar-refractivity contribution >= 4 is 17.3 Å². The lowest BCUT2D eigenvalue weighted by molar-refractivity contribution is 0.215. The molecule has 0 aliphatic carbocycles. The number of nitrogen functional groups attached to an aromatic ring is 1. The van der Waals surface area contributed by atoms with Crippen LogP contribution in [0.3, 0.4) is 0 Å². The van der Waals surface area contributed by atoms with Crippen LogP contribution in [0.1, 0.15) is 18.6 Å². The van der Waals surface area contributed by atoms with Crippen molar-refractivity contribution in [1.82, 2.24) is 0 Å². The maximum atomic E-state index is 13.9. The van der Waals surface area contributed by atoms with E-state index in [0.29, 0.717) is 27.8 Å². The lowest BCUT2D eigenvalue weighted by Crippen LogP contribution is -2.08. The molecule has 0 fully saturated rings. The van der Waals surface area contributed by atoms with Gasteiger partial charge in [0, 0.05) is 6.07 Å². The fourth-order valence-corrected chi connectivity index (χ4v) is 2.07. The molecular formula is C15H15ClFNO2. The van der Waals surface area contributed by atoms with Gasteiger partial charge in [0.1, 0.15) is 23.4 Å². The molecule has 0 spiro atoms. The normalized spacial score (nSPS) is 12.0. The molecule has 3 nitrogen and oxygen atoms in total. The second-order valence-electron chi connectivity index (χ2n) is 4.30. The van der Waals surface area contributed by atoms with E-state index in [4.69, 9.17) is 26.8 Å². The molecule has 106 valence electrons. The molecule has 2 aromatic carbocycles. The van der Waals surface area contributed by atoms with Crippen LogP contribution in [0.15, 0.2) is 36.4 Å². The SMILES string of the molecule is COc1cccc(F)c1C(C)Oc1ccc(Cl)c(N)c1. The number of anilines is 1. The number of nitrogens with two attached hydrogens (primary N) is 1. The standard InChI is InChI=1S/C15H15ClFNO2/c1-9(15-12(17)4-3-5-14(15)19-2)20-10-6-7-11(16)13(18)8-10/h3-9H,18H2,1-2H3. The summed E-state index contributed by atoms with van der Waals surface area (Å²) in [4.78, 5) is 0. The van der Waals surface area contributed by atoms with Gasteiger partial charge in [-0.15, -0.1) is 0 Å². The topological polar surface area (TPSA) is 44.5 Å². The summed E-state index contributed by atoms with van der Waals surface area (Å²) in [7, 11) is 1.49. The second kappa shape index (κ2) is 6.01. The van der Waals surface area contributed by atoms with Gasteiger partial charge in [0.2, 0.25) is 0 Å². The molecule has 0 saturated heterocycles. The zero-order chi connectivity index (χ0) is 14.7. The lowest BCUT2D eigenvalue weighted by atomic mass is 10.1. The highest BCUT2D eigenvalue weighted by molar-refractivity contribution is 6.33. The molecule has 0 aliphatic rings. The molecule has 1 atom stereocenters. The first-order valence-corrected chi connectivity index (χ1v) is 6.44. The number of methoxy groups -OCH3 is 1. The molecule has 2 N–H and O–H groups in total. The average molecular weight is 296 g/mol. The summed E-state index contributed by atoms with van der Waals surface area (Å²) in [5.74, 6) is 0.586. The van der Waals surface area contributed by atoms with E-state index in [1.807, 2.05) is 0 Å². The minimum atomic E-state index is -0.522. The molecule has 0 heterocycles. The van der Waals surface area contributed by atoms with Crippen molar-refractivity contribution in [3.05, 3.63) is 52.8 Å². The number of hydrogen-bond donors (Lipinski definition) is 1. The van der Waals surface area contributed by atoms with Gasteiger partial charge < -0.3 is 15.2 Å². The summed E-state index contributed by atoms with van der Waals surface area (Å²) in [6.07, 6.45) is -0.522. The predicted octanol–water partition coefficient (Wildman–Crippen LogP) is 4.21. The van der Waals surface area contributed by atoms with E-state index >= 15 is 0 Å². The molecule has 5 heteroatoms. The Morgan fingerprint density at radius 3 is 2.65 bits per heavy atom. The largest absolute Gasteiger partial charge is 0.496 e. The minimum absolute atomic E-state index is 0.364. The van der Waals surface area contributed by atoms with E-state index in [1.165, 1.54) is 13.2 Å². The van der Waals surface area contributed by atoms with Crippen molar-refractivity contribution in [3.8, 4) is 11.5 Å². The van der Waals surface area contributed by atoms with E-state index in [-0.39, 0.29) is 5.82 Å². The smallest absolute Gasteiger partial charge is 0.133 e. The Morgan fingerprint density at radius 2 is 2.00 bits per heavy atom. The zero-order valence-electron chi connectivity index (χ0n) is 11.2. The summed E-state index contributed by atoms with van der Waals surface area (Å²) >= 11 is 5.85. The van der Waals surface area contributed by atoms with Gasteiger partial charge in [0.05, 0.1) is 23.4 Å². The second-order valence-corrected chi connectivity index (χ2v) is 4.71. The van der Waals surface area contributed by atoms with Gasteiger partial charge in [0.25, 0.3) is 0 Å². The van der Waals surface area contributed by atoms with E-state index < -0.39 is 6.10 Å². The van der Waals surface area contributed by atoms with Crippen LogP contribution >= 0.6 is 11.6 Å². The molecule has 2 rings (SSSR count). The number of hydrogen-bond acceptors (Lipinski definition) is 3. The van der Waals surface area contributed by atoms with Crippen molar-refractivity contribution in [3.63, 3.8) is 0 Å². The van der Waals surface area contributed by atoms with Gasteiger partial charge in [-0.2, -0.15) is 0 Å². The van der Waals surface area contributed by atoms with Crippen molar-refractivity contribution in [2.75, 3.05) is 12.8 Å². The van der Waals surface area contributed by atoms with E-state index in [2.05, 4.69) is 0 Å². The Kier molecular flexibility index (Phi) is 4.35. The molecule has 0 amide bonds. The van der Waals surface area contributed by atoms with Gasteiger partial charge in [-0.25, -0.2) is 4.39 Å². The Morgan fingerprint density at radius 1 is 1.25 bits per heavy atom. The highest BCUT2D eigenvalue weighted by Gasteiger charge is 2.18. The summed E-state index contributed by atoms with van der Waals surface area (Å²) < 4.78 is 24.8. The van der Waals surface area contributed by atoms with Gasteiger partial charge in [0.15, 0.2) is 0 Å². The molecule has 0 aliphatic heterocycles. The van der Waals surface area contributed by atoms with Crippen LogP contribution in [0, 0.1) is 5.82 Å². The Labute approximate surface area is 122 Å². The maximum absolute atomic E-state index is 13.9. The first-order chi connectivity index (χ1) is 9.52. The van der Waals surface area contributed by atoms with Gasteiger partial charge >= 0.3 is 0 Å². The van der Waals surface area contributed by atoms with Gasteiger partial charge in [-0.1, -0.05) is 17.7 Å². The number of halogens is 2. The summed E-state index contributed by atoms with van der Waals surface area (Å²) in [6, 6.07) is 9.57. The Bertz CT molecular complexity index is 619. The zero-order valence-corrected chi connectivity index (χ0v) is 11.9. The van der Waals surface area contributed by atoms with Crippen LogP contribution in [0.2, 0.25) is 5.02 Å².